The third kappa shape index (κ3) is 3.06. The first-order chi connectivity index (χ1) is 9.50. The number of nitrogens with two attached hydrogens (primary N) is 1. The monoisotopic (exact) mass is 308 g/mol. The van der Waals surface area contributed by atoms with E-state index in [0.29, 0.717) is 15.7 Å². The van der Waals surface area contributed by atoms with Crippen LogP contribution in [0.2, 0.25) is 10.0 Å². The summed E-state index contributed by atoms with van der Waals surface area (Å²) in [6, 6.07) is 12.1. The molecule has 0 aromatic heterocycles. The van der Waals surface area contributed by atoms with Gasteiger partial charge in [-0.2, -0.15) is 0 Å². The molecule has 0 saturated heterocycles. The second kappa shape index (κ2) is 6.16. The largest absolute Gasteiger partial charge is 0.398 e. The molecule has 2 aromatic rings. The molecule has 0 heterocycles. The minimum absolute atomic E-state index is 0.240. The molecule has 0 aliphatic carbocycles. The Bertz CT molecular complexity index is 623. The lowest BCUT2D eigenvalue weighted by Gasteiger charge is -2.17. The van der Waals surface area contributed by atoms with Gasteiger partial charge < -0.3 is 11.1 Å². The van der Waals surface area contributed by atoms with Gasteiger partial charge in [-0.05, 0) is 30.7 Å². The second-order valence-electron chi connectivity index (χ2n) is 4.42. The average molecular weight is 309 g/mol. The zero-order valence-corrected chi connectivity index (χ0v) is 12.4. The Morgan fingerprint density at radius 1 is 1.10 bits per heavy atom. The lowest BCUT2D eigenvalue weighted by molar-refractivity contribution is 0.0940. The van der Waals surface area contributed by atoms with Crippen LogP contribution in [0.25, 0.3) is 0 Å². The first kappa shape index (κ1) is 14.7. The van der Waals surface area contributed by atoms with Crippen molar-refractivity contribution in [1.29, 1.82) is 0 Å². The fourth-order valence-electron chi connectivity index (χ4n) is 1.97. The van der Waals surface area contributed by atoms with Gasteiger partial charge in [-0.25, -0.2) is 0 Å². The van der Waals surface area contributed by atoms with Crippen molar-refractivity contribution in [3.63, 3.8) is 0 Å². The van der Waals surface area contributed by atoms with Crippen molar-refractivity contribution in [2.75, 3.05) is 5.73 Å². The molecule has 20 heavy (non-hydrogen) atoms. The maximum absolute atomic E-state index is 12.3. The van der Waals surface area contributed by atoms with Crippen molar-refractivity contribution in [1.82, 2.24) is 5.32 Å². The lowest BCUT2D eigenvalue weighted by Crippen LogP contribution is -2.27. The normalized spacial score (nSPS) is 11.9. The van der Waals surface area contributed by atoms with Gasteiger partial charge in [0.1, 0.15) is 0 Å². The molecule has 1 amide bonds. The molecule has 3 N–H and O–H groups in total. The van der Waals surface area contributed by atoms with Crippen LogP contribution in [0.1, 0.15) is 28.9 Å². The number of hydrogen-bond donors (Lipinski definition) is 2. The fraction of sp³-hybridized carbons (Fsp3) is 0.133. The van der Waals surface area contributed by atoms with Crippen LogP contribution in [-0.4, -0.2) is 5.91 Å². The maximum atomic E-state index is 12.3. The lowest BCUT2D eigenvalue weighted by atomic mass is 10.1. The number of carbonyl (C=O) groups excluding carboxylic acids is 1. The summed E-state index contributed by atoms with van der Waals surface area (Å²) in [6.07, 6.45) is 0. The Morgan fingerprint density at radius 3 is 2.30 bits per heavy atom. The molecule has 0 aliphatic heterocycles. The summed E-state index contributed by atoms with van der Waals surface area (Å²) in [4.78, 5) is 12.3. The minimum atomic E-state index is -0.323. The Hall–Kier alpha value is -1.71. The Labute approximate surface area is 127 Å². The molecule has 0 aliphatic rings. The number of nitrogen functional groups attached to an aromatic ring is 1. The van der Waals surface area contributed by atoms with E-state index in [2.05, 4.69) is 5.32 Å². The summed E-state index contributed by atoms with van der Waals surface area (Å²) in [5.41, 5.74) is 7.65. The van der Waals surface area contributed by atoms with Gasteiger partial charge in [0.25, 0.3) is 5.91 Å². The Morgan fingerprint density at radius 2 is 1.70 bits per heavy atom. The highest BCUT2D eigenvalue weighted by atomic mass is 35.5. The predicted molar refractivity (Wildman–Crippen MR) is 83.2 cm³/mol. The van der Waals surface area contributed by atoms with Crippen LogP contribution in [0, 0.1) is 0 Å². The van der Waals surface area contributed by atoms with Gasteiger partial charge in [0.05, 0.1) is 21.7 Å². The van der Waals surface area contributed by atoms with Gasteiger partial charge in [-0.1, -0.05) is 47.5 Å². The number of amides is 1. The first-order valence-electron chi connectivity index (χ1n) is 6.10. The summed E-state index contributed by atoms with van der Waals surface area (Å²) >= 11 is 12.0. The number of halogens is 2. The fourth-order valence-corrected chi connectivity index (χ4v) is 2.54. The van der Waals surface area contributed by atoms with Crippen molar-refractivity contribution in [2.45, 2.75) is 13.0 Å². The Kier molecular flexibility index (Phi) is 4.53. The number of para-hydroxylation sites is 1. The van der Waals surface area contributed by atoms with Crippen LogP contribution in [0.3, 0.4) is 0 Å². The minimum Gasteiger partial charge on any atom is -0.398 e. The van der Waals surface area contributed by atoms with Gasteiger partial charge in [0.2, 0.25) is 0 Å². The molecule has 0 radical (unpaired) electrons. The summed E-state index contributed by atoms with van der Waals surface area (Å²) in [5, 5.41) is 3.49. The molecule has 1 unspecified atom stereocenters. The highest BCUT2D eigenvalue weighted by Crippen LogP contribution is 2.26. The molecule has 104 valence electrons. The zero-order chi connectivity index (χ0) is 14.7. The highest BCUT2D eigenvalue weighted by molar-refractivity contribution is 6.39. The van der Waals surface area contributed by atoms with Crippen LogP contribution in [0.15, 0.2) is 42.5 Å². The van der Waals surface area contributed by atoms with E-state index in [1.54, 1.807) is 24.3 Å². The zero-order valence-electron chi connectivity index (χ0n) is 10.9. The molecule has 0 saturated carbocycles. The van der Waals surface area contributed by atoms with Crippen LogP contribution in [0.4, 0.5) is 5.69 Å². The molecule has 2 rings (SSSR count). The molecule has 0 bridgehead atoms. The van der Waals surface area contributed by atoms with Crippen molar-refractivity contribution in [2.24, 2.45) is 0 Å². The summed E-state index contributed by atoms with van der Waals surface area (Å²) in [7, 11) is 0. The molecular formula is C15H14Cl2N2O. The van der Waals surface area contributed by atoms with E-state index in [9.17, 15) is 4.79 Å². The van der Waals surface area contributed by atoms with E-state index in [1.807, 2.05) is 25.1 Å². The molecule has 3 nitrogen and oxygen atoms in total. The van der Waals surface area contributed by atoms with E-state index in [4.69, 9.17) is 28.9 Å². The summed E-state index contributed by atoms with van der Waals surface area (Å²) in [5.74, 6) is -0.323. The van der Waals surface area contributed by atoms with Crippen molar-refractivity contribution < 1.29 is 4.79 Å². The maximum Gasteiger partial charge on any atom is 0.254 e. The van der Waals surface area contributed by atoms with Crippen LogP contribution in [-0.2, 0) is 0 Å². The van der Waals surface area contributed by atoms with E-state index in [0.717, 1.165) is 5.56 Å². The first-order valence-corrected chi connectivity index (χ1v) is 6.85. The standard InChI is InChI=1S/C15H14Cl2N2O/c1-9(10-5-2-3-8-13(10)18)19-15(20)14-11(16)6-4-7-12(14)17/h2-9H,18H2,1H3,(H,19,20). The third-order valence-corrected chi connectivity index (χ3v) is 3.63. The highest BCUT2D eigenvalue weighted by Gasteiger charge is 2.18. The van der Waals surface area contributed by atoms with Gasteiger partial charge in [-0.3, -0.25) is 4.79 Å². The number of rotatable bonds is 3. The molecule has 5 heteroatoms. The number of hydrogen-bond acceptors (Lipinski definition) is 2. The number of anilines is 1. The molecular weight excluding hydrogens is 295 g/mol. The molecule has 0 fully saturated rings. The van der Waals surface area contributed by atoms with Crippen molar-refractivity contribution in [3.05, 3.63) is 63.6 Å². The van der Waals surface area contributed by atoms with E-state index in [-0.39, 0.29) is 17.5 Å². The van der Waals surface area contributed by atoms with E-state index < -0.39 is 0 Å². The van der Waals surface area contributed by atoms with Crippen LogP contribution < -0.4 is 11.1 Å². The molecule has 0 spiro atoms. The molecule has 1 atom stereocenters. The average Bonchev–Trinajstić information content (AvgIpc) is 2.38. The Balaban J connectivity index is 2.22. The quantitative estimate of drug-likeness (QED) is 0.840. The predicted octanol–water partition coefficient (Wildman–Crippen LogP) is 4.07. The van der Waals surface area contributed by atoms with Gasteiger partial charge in [-0.15, -0.1) is 0 Å². The van der Waals surface area contributed by atoms with Crippen LogP contribution >= 0.6 is 23.2 Å². The second-order valence-corrected chi connectivity index (χ2v) is 5.24. The number of benzene rings is 2. The van der Waals surface area contributed by atoms with Gasteiger partial charge in [0.15, 0.2) is 0 Å². The van der Waals surface area contributed by atoms with Crippen molar-refractivity contribution >= 4 is 34.8 Å². The number of carbonyl (C=O) groups is 1. The van der Waals surface area contributed by atoms with Crippen molar-refractivity contribution in [3.8, 4) is 0 Å². The SMILES string of the molecule is CC(NC(=O)c1c(Cl)cccc1Cl)c1ccccc1N. The molecule has 2 aromatic carbocycles. The number of nitrogens with one attached hydrogen (secondary N) is 1. The van der Waals surface area contributed by atoms with E-state index in [1.165, 1.54) is 0 Å². The van der Waals surface area contributed by atoms with Gasteiger partial charge in [0, 0.05) is 5.69 Å². The summed E-state index contributed by atoms with van der Waals surface area (Å²) in [6.45, 7) is 1.86. The summed E-state index contributed by atoms with van der Waals surface area (Å²) < 4.78 is 0. The smallest absolute Gasteiger partial charge is 0.254 e. The van der Waals surface area contributed by atoms with E-state index >= 15 is 0 Å². The van der Waals surface area contributed by atoms with Crippen LogP contribution in [0.5, 0.6) is 0 Å². The van der Waals surface area contributed by atoms with Gasteiger partial charge >= 0.3 is 0 Å². The third-order valence-electron chi connectivity index (χ3n) is 3.00. The topological polar surface area (TPSA) is 55.1 Å².